The van der Waals surface area contributed by atoms with Crippen LogP contribution < -0.4 is 14.8 Å². The highest BCUT2D eigenvalue weighted by Crippen LogP contribution is 2.25. The molecule has 0 saturated heterocycles. The number of Topliss-reactive ketones (excluding diaryl/α,β-unsaturated/α-hetero) is 1. The van der Waals surface area contributed by atoms with Gasteiger partial charge in [-0.2, -0.15) is 0 Å². The maximum absolute atomic E-state index is 12.1. The van der Waals surface area contributed by atoms with Crippen molar-refractivity contribution in [2.45, 2.75) is 6.92 Å². The summed E-state index contributed by atoms with van der Waals surface area (Å²) < 4.78 is 10.9. The Balaban J connectivity index is 1.78. The lowest BCUT2D eigenvalue weighted by Gasteiger charge is -2.17. The monoisotopic (exact) mass is 356 g/mol. The fourth-order valence-electron chi connectivity index (χ4n) is 2.39. The van der Waals surface area contributed by atoms with Gasteiger partial charge in [-0.1, -0.05) is 24.3 Å². The number of ketones is 1. The van der Waals surface area contributed by atoms with Crippen LogP contribution in [0.5, 0.6) is 11.5 Å². The van der Waals surface area contributed by atoms with Gasteiger partial charge in [0.1, 0.15) is 6.61 Å². The zero-order valence-corrected chi connectivity index (χ0v) is 15.3. The minimum absolute atomic E-state index is 0.0355. The van der Waals surface area contributed by atoms with Gasteiger partial charge in [0, 0.05) is 17.8 Å². The van der Waals surface area contributed by atoms with Crippen molar-refractivity contribution in [3.63, 3.8) is 0 Å². The van der Waals surface area contributed by atoms with E-state index in [9.17, 15) is 9.59 Å². The van der Waals surface area contributed by atoms with E-state index < -0.39 is 0 Å². The summed E-state index contributed by atoms with van der Waals surface area (Å²) in [6.07, 6.45) is 0. The molecule has 0 radical (unpaired) electrons. The van der Waals surface area contributed by atoms with Gasteiger partial charge in [0.25, 0.3) is 0 Å². The van der Waals surface area contributed by atoms with Gasteiger partial charge in [-0.25, -0.2) is 0 Å². The molecule has 26 heavy (non-hydrogen) atoms. The fraction of sp³-hybridized carbons (Fsp3) is 0.300. The molecule has 1 N–H and O–H groups in total. The summed E-state index contributed by atoms with van der Waals surface area (Å²) in [5, 5.41) is 2.80. The number of rotatable bonds is 9. The Bertz CT molecular complexity index is 761. The van der Waals surface area contributed by atoms with Crippen molar-refractivity contribution in [2.24, 2.45) is 0 Å². The van der Waals surface area contributed by atoms with E-state index in [0.717, 1.165) is 0 Å². The third-order valence-electron chi connectivity index (χ3n) is 3.77. The molecule has 0 spiro atoms. The van der Waals surface area contributed by atoms with E-state index >= 15 is 0 Å². The van der Waals surface area contributed by atoms with Crippen LogP contribution in [-0.2, 0) is 4.79 Å². The first kappa shape index (κ1) is 19.5. The molecular weight excluding hydrogens is 332 g/mol. The Morgan fingerprint density at radius 1 is 1.08 bits per heavy atom. The van der Waals surface area contributed by atoms with E-state index in [-0.39, 0.29) is 18.2 Å². The van der Waals surface area contributed by atoms with Crippen LogP contribution in [0.25, 0.3) is 0 Å². The molecule has 138 valence electrons. The van der Waals surface area contributed by atoms with Crippen LogP contribution >= 0.6 is 0 Å². The van der Waals surface area contributed by atoms with Gasteiger partial charge in [0.05, 0.1) is 13.7 Å². The molecule has 2 rings (SSSR count). The van der Waals surface area contributed by atoms with Crippen molar-refractivity contribution >= 4 is 17.4 Å². The number of methoxy groups -OCH3 is 1. The SMILES string of the molecule is COc1ccccc1OCCN(C)CC(=O)Nc1cccc(C(C)=O)c1. The predicted molar refractivity (Wildman–Crippen MR) is 101 cm³/mol. The normalized spacial score (nSPS) is 10.5. The molecule has 0 aliphatic carbocycles. The first-order valence-electron chi connectivity index (χ1n) is 8.35. The minimum atomic E-state index is -0.148. The summed E-state index contributed by atoms with van der Waals surface area (Å²) in [6.45, 7) is 2.74. The molecule has 0 unspecified atom stereocenters. The van der Waals surface area contributed by atoms with Crippen LogP contribution in [0.1, 0.15) is 17.3 Å². The molecular formula is C20H24N2O4. The second-order valence-electron chi connectivity index (χ2n) is 5.92. The van der Waals surface area contributed by atoms with E-state index in [1.165, 1.54) is 6.92 Å². The summed E-state index contributed by atoms with van der Waals surface area (Å²) in [4.78, 5) is 25.4. The number of ether oxygens (including phenoxy) is 2. The summed E-state index contributed by atoms with van der Waals surface area (Å²) in [7, 11) is 3.44. The van der Waals surface area contributed by atoms with Crippen molar-refractivity contribution in [2.75, 3.05) is 39.2 Å². The third-order valence-corrected chi connectivity index (χ3v) is 3.77. The van der Waals surface area contributed by atoms with Gasteiger partial charge in [-0.15, -0.1) is 0 Å². The predicted octanol–water partition coefficient (Wildman–Crippen LogP) is 2.85. The van der Waals surface area contributed by atoms with E-state index in [4.69, 9.17) is 9.47 Å². The van der Waals surface area contributed by atoms with Crippen molar-refractivity contribution in [3.05, 3.63) is 54.1 Å². The Morgan fingerprint density at radius 2 is 1.81 bits per heavy atom. The molecule has 2 aromatic rings. The van der Waals surface area contributed by atoms with Crippen molar-refractivity contribution in [1.82, 2.24) is 4.90 Å². The molecule has 0 fully saturated rings. The number of carbonyl (C=O) groups is 2. The average molecular weight is 356 g/mol. The largest absolute Gasteiger partial charge is 0.493 e. The number of anilines is 1. The van der Waals surface area contributed by atoms with Crippen LogP contribution in [0.2, 0.25) is 0 Å². The molecule has 1 amide bonds. The molecule has 0 bridgehead atoms. The highest BCUT2D eigenvalue weighted by molar-refractivity contribution is 5.97. The number of likely N-dealkylation sites (N-methyl/N-ethyl adjacent to an activating group) is 1. The van der Waals surface area contributed by atoms with E-state index in [1.54, 1.807) is 31.4 Å². The number of carbonyl (C=O) groups excluding carboxylic acids is 2. The average Bonchev–Trinajstić information content (AvgIpc) is 2.62. The van der Waals surface area contributed by atoms with E-state index in [1.807, 2.05) is 36.2 Å². The second kappa shape index (κ2) is 9.58. The molecule has 6 heteroatoms. The van der Waals surface area contributed by atoms with Crippen molar-refractivity contribution in [1.29, 1.82) is 0 Å². The van der Waals surface area contributed by atoms with E-state index in [0.29, 0.717) is 35.9 Å². The van der Waals surface area contributed by atoms with Crippen LogP contribution in [-0.4, -0.2) is 50.4 Å². The maximum Gasteiger partial charge on any atom is 0.238 e. The van der Waals surface area contributed by atoms with Crippen LogP contribution in [0.4, 0.5) is 5.69 Å². The van der Waals surface area contributed by atoms with Gasteiger partial charge >= 0.3 is 0 Å². The van der Waals surface area contributed by atoms with Crippen LogP contribution in [0.15, 0.2) is 48.5 Å². The zero-order valence-electron chi connectivity index (χ0n) is 15.3. The molecule has 0 aliphatic heterocycles. The number of nitrogens with zero attached hydrogens (tertiary/aromatic N) is 1. The highest BCUT2D eigenvalue weighted by atomic mass is 16.5. The van der Waals surface area contributed by atoms with Gasteiger partial charge in [0.2, 0.25) is 5.91 Å². The molecule has 6 nitrogen and oxygen atoms in total. The Labute approximate surface area is 153 Å². The van der Waals surface area contributed by atoms with Crippen LogP contribution in [0, 0.1) is 0 Å². The Morgan fingerprint density at radius 3 is 2.50 bits per heavy atom. The van der Waals surface area contributed by atoms with Gasteiger partial charge in [0.15, 0.2) is 17.3 Å². The summed E-state index contributed by atoms with van der Waals surface area (Å²) in [5.41, 5.74) is 1.18. The number of amides is 1. The first-order chi connectivity index (χ1) is 12.5. The molecule has 2 aromatic carbocycles. The van der Waals surface area contributed by atoms with E-state index in [2.05, 4.69) is 5.32 Å². The summed E-state index contributed by atoms with van der Waals surface area (Å²) >= 11 is 0. The number of benzene rings is 2. The van der Waals surface area contributed by atoms with Crippen LogP contribution in [0.3, 0.4) is 0 Å². The molecule has 0 atom stereocenters. The Hall–Kier alpha value is -2.86. The number of nitrogens with one attached hydrogen (secondary N) is 1. The molecule has 0 heterocycles. The second-order valence-corrected chi connectivity index (χ2v) is 5.92. The van der Waals surface area contributed by atoms with Gasteiger partial charge < -0.3 is 14.8 Å². The third kappa shape index (κ3) is 5.89. The van der Waals surface area contributed by atoms with Crippen molar-refractivity contribution in [3.8, 4) is 11.5 Å². The van der Waals surface area contributed by atoms with Gasteiger partial charge in [-0.05, 0) is 38.2 Å². The number of para-hydroxylation sites is 2. The fourth-order valence-corrected chi connectivity index (χ4v) is 2.39. The van der Waals surface area contributed by atoms with Crippen molar-refractivity contribution < 1.29 is 19.1 Å². The molecule has 0 aliphatic rings. The lowest BCUT2D eigenvalue weighted by Crippen LogP contribution is -2.33. The number of hydrogen-bond acceptors (Lipinski definition) is 5. The number of hydrogen-bond donors (Lipinski definition) is 1. The quantitative estimate of drug-likeness (QED) is 0.700. The first-order valence-corrected chi connectivity index (χ1v) is 8.35. The molecule has 0 saturated carbocycles. The summed E-state index contributed by atoms with van der Waals surface area (Å²) in [6, 6.07) is 14.3. The summed E-state index contributed by atoms with van der Waals surface area (Å²) in [5.74, 6) is 1.17. The lowest BCUT2D eigenvalue weighted by molar-refractivity contribution is -0.117. The standard InChI is InChI=1S/C20H24N2O4/c1-15(23)16-7-6-8-17(13-16)21-20(24)14-22(2)11-12-26-19-10-5-4-9-18(19)25-3/h4-10,13H,11-12,14H2,1-3H3,(H,21,24). The zero-order chi connectivity index (χ0) is 18.9. The smallest absolute Gasteiger partial charge is 0.238 e. The topological polar surface area (TPSA) is 67.9 Å². The minimum Gasteiger partial charge on any atom is -0.493 e. The lowest BCUT2D eigenvalue weighted by atomic mass is 10.1. The highest BCUT2D eigenvalue weighted by Gasteiger charge is 2.09. The van der Waals surface area contributed by atoms with Gasteiger partial charge in [-0.3, -0.25) is 14.5 Å². The Kier molecular flexibility index (Phi) is 7.17. The maximum atomic E-state index is 12.1. The molecule has 0 aromatic heterocycles.